The summed E-state index contributed by atoms with van der Waals surface area (Å²) >= 11 is 5.34. The van der Waals surface area contributed by atoms with Gasteiger partial charge in [-0.2, -0.15) is 0 Å². The molecule has 1 aromatic carbocycles. The van der Waals surface area contributed by atoms with Gasteiger partial charge in [-0.1, -0.05) is 52.0 Å². The number of benzene rings is 1. The van der Waals surface area contributed by atoms with Gasteiger partial charge in [-0.3, -0.25) is 0 Å². The summed E-state index contributed by atoms with van der Waals surface area (Å²) in [5.41, 5.74) is 8.72. The van der Waals surface area contributed by atoms with E-state index in [0.29, 0.717) is 17.1 Å². The molecular formula is C22H38N2OSSi. The number of nitrogens with zero attached hydrogens (tertiary/aromatic N) is 1. The molecule has 0 radical (unpaired) electrons. The summed E-state index contributed by atoms with van der Waals surface area (Å²) in [5.74, 6) is 0.686. The molecule has 0 aliphatic heterocycles. The van der Waals surface area contributed by atoms with Crippen LogP contribution in [0, 0.1) is 5.92 Å². The fourth-order valence-electron chi connectivity index (χ4n) is 3.27. The van der Waals surface area contributed by atoms with Crippen LogP contribution in [0.5, 0.6) is 0 Å². The maximum atomic E-state index is 6.32. The molecule has 27 heavy (non-hydrogen) atoms. The van der Waals surface area contributed by atoms with Gasteiger partial charge in [0.05, 0.1) is 6.04 Å². The van der Waals surface area contributed by atoms with Crippen LogP contribution in [0.15, 0.2) is 24.3 Å². The van der Waals surface area contributed by atoms with Crippen molar-refractivity contribution < 1.29 is 4.43 Å². The Kier molecular flexibility index (Phi) is 7.51. The van der Waals surface area contributed by atoms with E-state index in [4.69, 9.17) is 22.4 Å². The van der Waals surface area contributed by atoms with Gasteiger partial charge in [0.1, 0.15) is 0 Å². The Morgan fingerprint density at radius 3 is 2.30 bits per heavy atom. The van der Waals surface area contributed by atoms with Crippen molar-refractivity contribution in [1.82, 2.24) is 4.90 Å². The second-order valence-electron chi connectivity index (χ2n) is 9.41. The van der Waals surface area contributed by atoms with Gasteiger partial charge in [0.15, 0.2) is 13.4 Å². The second kappa shape index (κ2) is 9.06. The van der Waals surface area contributed by atoms with E-state index in [2.05, 4.69) is 70.0 Å². The number of rotatable bonds is 9. The van der Waals surface area contributed by atoms with Gasteiger partial charge in [0, 0.05) is 13.2 Å². The van der Waals surface area contributed by atoms with Crippen molar-refractivity contribution in [3.63, 3.8) is 0 Å². The first-order chi connectivity index (χ1) is 12.6. The van der Waals surface area contributed by atoms with E-state index in [1.54, 1.807) is 0 Å². The van der Waals surface area contributed by atoms with Crippen LogP contribution in [-0.2, 0) is 10.8 Å². The minimum atomic E-state index is -1.67. The Bertz CT molecular complexity index is 620. The molecule has 0 heterocycles. The summed E-state index contributed by atoms with van der Waals surface area (Å²) in [5, 5.41) is 0.790. The van der Waals surface area contributed by atoms with Crippen molar-refractivity contribution in [2.24, 2.45) is 11.7 Å². The Labute approximate surface area is 172 Å². The minimum absolute atomic E-state index is 0.262. The Hall–Kier alpha value is -0.913. The molecule has 1 saturated carbocycles. The third-order valence-corrected chi connectivity index (χ3v) is 10.9. The summed E-state index contributed by atoms with van der Waals surface area (Å²) < 4.78 is 6.32. The van der Waals surface area contributed by atoms with Crippen LogP contribution in [0.1, 0.15) is 64.1 Å². The van der Waals surface area contributed by atoms with Crippen molar-refractivity contribution in [1.29, 1.82) is 0 Å². The molecule has 0 saturated heterocycles. The molecule has 3 nitrogen and oxygen atoms in total. The van der Waals surface area contributed by atoms with Crippen LogP contribution >= 0.6 is 12.2 Å². The summed E-state index contributed by atoms with van der Waals surface area (Å²) in [7, 11) is -1.67. The van der Waals surface area contributed by atoms with Gasteiger partial charge in [-0.15, -0.1) is 0 Å². The van der Waals surface area contributed by atoms with Crippen LogP contribution in [0.2, 0.25) is 18.1 Å². The zero-order chi connectivity index (χ0) is 20.2. The monoisotopic (exact) mass is 406 g/mol. The van der Waals surface area contributed by atoms with Crippen LogP contribution in [0.4, 0.5) is 0 Å². The van der Waals surface area contributed by atoms with Gasteiger partial charge in [0.25, 0.3) is 0 Å². The third-order valence-electron chi connectivity index (χ3n) is 6.13. The number of hydrogen-bond donors (Lipinski definition) is 1. The molecule has 0 bridgehead atoms. The quantitative estimate of drug-likeness (QED) is 0.424. The van der Waals surface area contributed by atoms with E-state index < -0.39 is 8.32 Å². The smallest absolute Gasteiger partial charge is 0.191 e. The highest BCUT2D eigenvalue weighted by atomic mass is 32.1. The first kappa shape index (κ1) is 22.4. The van der Waals surface area contributed by atoms with E-state index in [1.807, 2.05) is 0 Å². The molecule has 0 spiro atoms. The van der Waals surface area contributed by atoms with Gasteiger partial charge in [-0.05, 0) is 73.1 Å². The summed E-state index contributed by atoms with van der Waals surface area (Å²) in [4.78, 5) is 2.22. The van der Waals surface area contributed by atoms with Crippen LogP contribution in [0.3, 0.4) is 0 Å². The molecular weight excluding hydrogens is 368 g/mol. The van der Waals surface area contributed by atoms with Crippen LogP contribution in [0.25, 0.3) is 0 Å². The number of thiocarbonyl (C=S) groups is 1. The molecule has 2 N–H and O–H groups in total. The van der Waals surface area contributed by atoms with Crippen LogP contribution in [-0.4, -0.2) is 31.5 Å². The zero-order valence-corrected chi connectivity index (χ0v) is 19.9. The van der Waals surface area contributed by atoms with Gasteiger partial charge < -0.3 is 15.1 Å². The molecule has 1 aliphatic carbocycles. The molecule has 5 heteroatoms. The lowest BCUT2D eigenvalue weighted by atomic mass is 9.98. The SMILES string of the molecule is CCCN(C(N)=S)C(c1ccc(CCO[Si](C)(C)C(C)(C)C)cc1)C1CC1. The minimum Gasteiger partial charge on any atom is -0.416 e. The Morgan fingerprint density at radius 1 is 1.26 bits per heavy atom. The number of hydrogen-bond acceptors (Lipinski definition) is 2. The van der Waals surface area contributed by atoms with Crippen molar-refractivity contribution in [2.45, 2.75) is 77.6 Å². The maximum absolute atomic E-state index is 6.32. The van der Waals surface area contributed by atoms with E-state index in [1.165, 1.54) is 24.0 Å². The van der Waals surface area contributed by atoms with Crippen LogP contribution < -0.4 is 5.73 Å². The lowest BCUT2D eigenvalue weighted by molar-refractivity contribution is 0.287. The van der Waals surface area contributed by atoms with Gasteiger partial charge in [-0.25, -0.2) is 0 Å². The first-order valence-corrected chi connectivity index (χ1v) is 13.7. The zero-order valence-electron chi connectivity index (χ0n) is 18.0. The highest BCUT2D eigenvalue weighted by molar-refractivity contribution is 7.80. The normalized spacial score (nSPS) is 16.2. The average Bonchev–Trinajstić information content (AvgIpc) is 3.39. The fraction of sp³-hybridized carbons (Fsp3) is 0.682. The van der Waals surface area contributed by atoms with Gasteiger partial charge >= 0.3 is 0 Å². The van der Waals surface area contributed by atoms with Gasteiger partial charge in [0.2, 0.25) is 0 Å². The highest BCUT2D eigenvalue weighted by Crippen LogP contribution is 2.44. The summed E-state index contributed by atoms with van der Waals surface area (Å²) in [6.45, 7) is 15.4. The Balaban J connectivity index is 2.02. The molecule has 2 rings (SSSR count). The van der Waals surface area contributed by atoms with Crippen molar-refractivity contribution in [3.05, 3.63) is 35.4 Å². The largest absolute Gasteiger partial charge is 0.416 e. The topological polar surface area (TPSA) is 38.5 Å². The van der Waals surface area contributed by atoms with Crippen molar-refractivity contribution >= 4 is 25.6 Å². The fourth-order valence-corrected chi connectivity index (χ4v) is 4.52. The highest BCUT2D eigenvalue weighted by Gasteiger charge is 2.37. The maximum Gasteiger partial charge on any atom is 0.191 e. The molecule has 1 atom stereocenters. The molecule has 152 valence electrons. The molecule has 1 aliphatic rings. The molecule has 1 aromatic rings. The first-order valence-electron chi connectivity index (χ1n) is 10.4. The van der Waals surface area contributed by atoms with E-state index in [9.17, 15) is 0 Å². The lowest BCUT2D eigenvalue weighted by Crippen LogP contribution is -2.41. The van der Waals surface area contributed by atoms with E-state index in [-0.39, 0.29) is 5.04 Å². The summed E-state index contributed by atoms with van der Waals surface area (Å²) in [6, 6.07) is 9.38. The van der Waals surface area contributed by atoms with E-state index in [0.717, 1.165) is 26.0 Å². The third kappa shape index (κ3) is 6.03. The average molecular weight is 407 g/mol. The Morgan fingerprint density at radius 2 is 1.85 bits per heavy atom. The van der Waals surface area contributed by atoms with Crippen molar-refractivity contribution in [2.75, 3.05) is 13.2 Å². The molecule has 1 fully saturated rings. The summed E-state index contributed by atoms with van der Waals surface area (Å²) in [6.07, 6.45) is 4.57. The molecule has 1 unspecified atom stereocenters. The molecule has 0 amide bonds. The van der Waals surface area contributed by atoms with E-state index >= 15 is 0 Å². The van der Waals surface area contributed by atoms with Crippen molar-refractivity contribution in [3.8, 4) is 0 Å². The standard InChI is InChI=1S/C22H38N2OSSi/c1-7-15-24(21(23)26)20(19-12-13-19)18-10-8-17(9-11-18)14-16-25-27(5,6)22(2,3)4/h8-11,19-20H,7,12-16H2,1-6H3,(H2,23,26). The predicted octanol–water partition coefficient (Wildman–Crippen LogP) is 5.66. The lowest BCUT2D eigenvalue weighted by Gasteiger charge is -2.36. The molecule has 0 aromatic heterocycles. The second-order valence-corrected chi connectivity index (χ2v) is 14.6. The predicted molar refractivity (Wildman–Crippen MR) is 123 cm³/mol. The number of nitrogens with two attached hydrogens (primary N) is 1.